The molecule has 1 aliphatic carbocycles. The van der Waals surface area contributed by atoms with Crippen LogP contribution in [0.4, 0.5) is 10.1 Å². The van der Waals surface area contributed by atoms with Gasteiger partial charge in [-0.25, -0.2) is 9.38 Å². The van der Waals surface area contributed by atoms with E-state index in [2.05, 4.69) is 10.3 Å². The average molecular weight is 346 g/mol. The predicted octanol–water partition coefficient (Wildman–Crippen LogP) is 3.21. The fourth-order valence-electron chi connectivity index (χ4n) is 3.87. The van der Waals surface area contributed by atoms with Crippen LogP contribution in [0.1, 0.15) is 52.0 Å². The number of halogens is 1. The van der Waals surface area contributed by atoms with Crippen LogP contribution in [-0.4, -0.2) is 29.9 Å². The van der Waals surface area contributed by atoms with Gasteiger partial charge >= 0.3 is 0 Å². The van der Waals surface area contributed by atoms with Crippen LogP contribution in [0.3, 0.4) is 0 Å². The normalized spacial score (nSPS) is 26.7. The van der Waals surface area contributed by atoms with Gasteiger partial charge in [-0.1, -0.05) is 12.8 Å². The highest BCUT2D eigenvalue weighted by atomic mass is 19.1. The molecule has 1 aromatic rings. The highest BCUT2D eigenvalue weighted by Gasteiger charge is 2.53. The molecule has 1 heterocycles. The Morgan fingerprint density at radius 2 is 1.92 bits per heavy atom. The molecule has 3 rings (SSSR count). The van der Waals surface area contributed by atoms with Gasteiger partial charge in [-0.2, -0.15) is 0 Å². The predicted molar refractivity (Wildman–Crippen MR) is 97.8 cm³/mol. The third-order valence-corrected chi connectivity index (χ3v) is 5.95. The number of nitrogens with one attached hydrogen (secondary N) is 1. The van der Waals surface area contributed by atoms with E-state index in [1.165, 1.54) is 23.8 Å². The van der Waals surface area contributed by atoms with Gasteiger partial charge in [0.25, 0.3) is 0 Å². The van der Waals surface area contributed by atoms with E-state index in [9.17, 15) is 9.18 Å². The van der Waals surface area contributed by atoms with Crippen LogP contribution in [0.5, 0.6) is 0 Å². The molecule has 1 saturated carbocycles. The molecule has 1 aromatic carbocycles. The van der Waals surface area contributed by atoms with Crippen molar-refractivity contribution in [2.24, 2.45) is 16.1 Å². The average Bonchev–Trinajstić information content (AvgIpc) is 3.06. The van der Waals surface area contributed by atoms with Gasteiger partial charge in [-0.3, -0.25) is 9.69 Å². The largest absolute Gasteiger partial charge is 0.382 e. The molecule has 1 atom stereocenters. The zero-order chi connectivity index (χ0) is 18.4. The first-order valence-corrected chi connectivity index (χ1v) is 8.87. The molecule has 25 heavy (non-hydrogen) atoms. The molecule has 136 valence electrons. The van der Waals surface area contributed by atoms with Crippen LogP contribution < -0.4 is 11.1 Å². The number of anilines is 1. The van der Waals surface area contributed by atoms with E-state index in [0.717, 1.165) is 18.5 Å². The summed E-state index contributed by atoms with van der Waals surface area (Å²) in [5.41, 5.74) is 5.20. The van der Waals surface area contributed by atoms with Crippen LogP contribution >= 0.6 is 0 Å². The second-order valence-electron chi connectivity index (χ2n) is 7.85. The van der Waals surface area contributed by atoms with Gasteiger partial charge in [-0.05, 0) is 51.8 Å². The van der Waals surface area contributed by atoms with E-state index < -0.39 is 11.0 Å². The third kappa shape index (κ3) is 2.77. The van der Waals surface area contributed by atoms with E-state index in [4.69, 9.17) is 5.73 Å². The molecule has 0 spiro atoms. The number of rotatable bonds is 3. The smallest absolute Gasteiger partial charge is 0.237 e. The minimum atomic E-state index is -1.07. The first-order valence-electron chi connectivity index (χ1n) is 8.87. The summed E-state index contributed by atoms with van der Waals surface area (Å²) in [5, 5.41) is 3.48. The Bertz CT molecular complexity index is 724. The molecule has 5 nitrogen and oxygen atoms in total. The Kier molecular flexibility index (Phi) is 4.25. The zero-order valence-corrected chi connectivity index (χ0v) is 15.4. The van der Waals surface area contributed by atoms with Gasteiger partial charge in [-0.15, -0.1) is 0 Å². The zero-order valence-electron chi connectivity index (χ0n) is 15.4. The van der Waals surface area contributed by atoms with Gasteiger partial charge in [0, 0.05) is 24.3 Å². The van der Waals surface area contributed by atoms with Crippen LogP contribution in [-0.2, 0) is 10.3 Å². The van der Waals surface area contributed by atoms with Crippen molar-refractivity contribution >= 4 is 17.6 Å². The van der Waals surface area contributed by atoms with Gasteiger partial charge in [0.2, 0.25) is 5.91 Å². The Morgan fingerprint density at radius 1 is 1.28 bits per heavy atom. The molecule has 0 radical (unpaired) electrons. The summed E-state index contributed by atoms with van der Waals surface area (Å²) in [6.07, 6.45) is 4.70. The number of carbonyl (C=O) groups is 1. The molecule has 0 saturated heterocycles. The number of nitrogens with two attached hydrogens (primary N) is 1. The Balaban J connectivity index is 2.05. The molecule has 1 aliphatic heterocycles. The van der Waals surface area contributed by atoms with Crippen LogP contribution in [0.2, 0.25) is 0 Å². The number of amides is 1. The highest BCUT2D eigenvalue weighted by molar-refractivity contribution is 6.01. The van der Waals surface area contributed by atoms with Crippen molar-refractivity contribution in [1.29, 1.82) is 0 Å². The number of hydrogen-bond donors (Lipinski definition) is 2. The van der Waals surface area contributed by atoms with Crippen molar-refractivity contribution in [2.75, 3.05) is 12.4 Å². The summed E-state index contributed by atoms with van der Waals surface area (Å²) < 4.78 is 14.7. The maximum absolute atomic E-state index is 14.7. The molecule has 0 bridgehead atoms. The fraction of sp³-hybridized carbons (Fsp3) is 0.579. The van der Waals surface area contributed by atoms with Gasteiger partial charge in [0.1, 0.15) is 11.4 Å². The number of aliphatic imine (C=N–C) groups is 1. The minimum absolute atomic E-state index is 0.111. The van der Waals surface area contributed by atoms with E-state index >= 15 is 0 Å². The second-order valence-corrected chi connectivity index (χ2v) is 7.85. The lowest BCUT2D eigenvalue weighted by atomic mass is 9.67. The maximum atomic E-state index is 14.7. The number of benzene rings is 1. The molecule has 1 unspecified atom stereocenters. The SMILES string of the molecule is CN1C(=O)C(C)(C)C(C)(c2cc(NC3CCCC3)ccc2F)N=C1N. The molecule has 6 heteroatoms. The van der Waals surface area contributed by atoms with Crippen molar-refractivity contribution in [1.82, 2.24) is 4.90 Å². The van der Waals surface area contributed by atoms with E-state index in [-0.39, 0.29) is 17.7 Å². The van der Waals surface area contributed by atoms with Crippen molar-refractivity contribution in [3.63, 3.8) is 0 Å². The summed E-state index contributed by atoms with van der Waals surface area (Å²) >= 11 is 0. The highest BCUT2D eigenvalue weighted by Crippen LogP contribution is 2.47. The topological polar surface area (TPSA) is 70.7 Å². The van der Waals surface area contributed by atoms with Crippen molar-refractivity contribution in [3.8, 4) is 0 Å². The van der Waals surface area contributed by atoms with E-state index in [1.807, 2.05) is 0 Å². The van der Waals surface area contributed by atoms with Crippen LogP contribution in [0, 0.1) is 11.2 Å². The molecule has 2 aliphatic rings. The Hall–Kier alpha value is -2.11. The van der Waals surface area contributed by atoms with Crippen LogP contribution in [0.25, 0.3) is 0 Å². The molecular formula is C19H27FN4O. The lowest BCUT2D eigenvalue weighted by molar-refractivity contribution is -0.140. The van der Waals surface area contributed by atoms with Gasteiger partial charge in [0.15, 0.2) is 5.96 Å². The van der Waals surface area contributed by atoms with Crippen molar-refractivity contribution in [3.05, 3.63) is 29.6 Å². The number of guanidine groups is 1. The summed E-state index contributed by atoms with van der Waals surface area (Å²) in [6.45, 7) is 5.36. The number of nitrogens with zero attached hydrogens (tertiary/aromatic N) is 2. The van der Waals surface area contributed by atoms with E-state index in [1.54, 1.807) is 40.0 Å². The minimum Gasteiger partial charge on any atom is -0.382 e. The van der Waals surface area contributed by atoms with Crippen LogP contribution in [0.15, 0.2) is 23.2 Å². The third-order valence-electron chi connectivity index (χ3n) is 5.95. The monoisotopic (exact) mass is 346 g/mol. The Labute approximate surface area is 148 Å². The maximum Gasteiger partial charge on any atom is 0.237 e. The van der Waals surface area contributed by atoms with Gasteiger partial charge < -0.3 is 11.1 Å². The van der Waals surface area contributed by atoms with Crippen molar-refractivity contribution < 1.29 is 9.18 Å². The van der Waals surface area contributed by atoms with Crippen molar-refractivity contribution in [2.45, 2.75) is 58.0 Å². The summed E-state index contributed by atoms with van der Waals surface area (Å²) in [4.78, 5) is 18.6. The fourth-order valence-corrected chi connectivity index (χ4v) is 3.87. The lowest BCUT2D eigenvalue weighted by Crippen LogP contribution is -2.58. The standard InChI is InChI=1S/C19H27FN4O/c1-18(2)16(25)24(4)17(21)23-19(18,3)14-11-13(9-10-15(14)20)22-12-7-5-6-8-12/h9-12,22H,5-8H2,1-4H3,(H2,21,23). The number of carbonyl (C=O) groups excluding carboxylic acids is 1. The Morgan fingerprint density at radius 3 is 2.56 bits per heavy atom. The summed E-state index contributed by atoms with van der Waals surface area (Å²) in [7, 11) is 1.59. The van der Waals surface area contributed by atoms with E-state index in [0.29, 0.717) is 11.6 Å². The first-order chi connectivity index (χ1) is 11.7. The molecule has 3 N–H and O–H groups in total. The molecule has 0 aromatic heterocycles. The second kappa shape index (κ2) is 6.00. The number of hydrogen-bond acceptors (Lipinski definition) is 4. The quantitative estimate of drug-likeness (QED) is 0.883. The summed E-state index contributed by atoms with van der Waals surface area (Å²) in [6, 6.07) is 5.40. The molecule has 1 amide bonds. The molecule has 1 fully saturated rings. The first kappa shape index (κ1) is 17.7. The summed E-state index contributed by atoms with van der Waals surface area (Å²) in [5.74, 6) is -0.433. The molecular weight excluding hydrogens is 319 g/mol. The lowest BCUT2D eigenvalue weighted by Gasteiger charge is -2.46. The van der Waals surface area contributed by atoms with Gasteiger partial charge in [0.05, 0.1) is 5.41 Å².